The Balaban J connectivity index is 1.95. The van der Waals surface area contributed by atoms with E-state index in [1.54, 1.807) is 0 Å². The molecule has 7 heteroatoms. The minimum absolute atomic E-state index is 0.0954. The molecule has 0 saturated heterocycles. The molecule has 2 aromatic rings. The number of hydrogen-bond donors (Lipinski definition) is 3. The van der Waals surface area contributed by atoms with Crippen LogP contribution in [0.5, 0.6) is 0 Å². The number of hydrogen-bond acceptors (Lipinski definition) is 4. The molecule has 0 radical (unpaired) electrons. The summed E-state index contributed by atoms with van der Waals surface area (Å²) in [5, 5.41) is 23.9. The van der Waals surface area contributed by atoms with Gasteiger partial charge in [-0.1, -0.05) is 6.92 Å². The quantitative estimate of drug-likeness (QED) is 0.758. The predicted molar refractivity (Wildman–Crippen MR) is 91.5 cm³/mol. The van der Waals surface area contributed by atoms with Crippen LogP contribution >= 0.6 is 11.3 Å². The lowest BCUT2D eigenvalue weighted by molar-refractivity contribution is 0.173. The van der Waals surface area contributed by atoms with Gasteiger partial charge in [-0.25, -0.2) is 4.79 Å². The zero-order valence-electron chi connectivity index (χ0n) is 14.0. The van der Waals surface area contributed by atoms with Crippen LogP contribution in [0.15, 0.2) is 16.8 Å². The van der Waals surface area contributed by atoms with Gasteiger partial charge in [0, 0.05) is 24.8 Å². The lowest BCUT2D eigenvalue weighted by atomic mass is 10.0. The molecular weight excluding hydrogens is 312 g/mol. The van der Waals surface area contributed by atoms with Crippen LogP contribution < -0.4 is 10.6 Å². The van der Waals surface area contributed by atoms with Crippen molar-refractivity contribution in [2.24, 2.45) is 7.05 Å². The average Bonchev–Trinajstić information content (AvgIpc) is 3.13. The molecule has 0 spiro atoms. The number of amides is 2. The zero-order valence-corrected chi connectivity index (χ0v) is 14.8. The molecule has 2 heterocycles. The van der Waals surface area contributed by atoms with E-state index in [-0.39, 0.29) is 18.6 Å². The standard InChI is InChI=1S/C16H24N4O2S/c1-5-13(15-10(2)19-20(4)11(15)3)18-16(22)17-8-14(21)12-6-7-23-9-12/h6-7,9,13-14,21H,5,8H2,1-4H3,(H2,17,18,22). The molecule has 2 amide bonds. The number of carbonyl (C=O) groups excluding carboxylic acids is 1. The monoisotopic (exact) mass is 336 g/mol. The van der Waals surface area contributed by atoms with Crippen LogP contribution in [0.4, 0.5) is 4.79 Å². The number of aliphatic hydroxyl groups excluding tert-OH is 1. The first-order valence-corrected chi connectivity index (χ1v) is 8.62. The van der Waals surface area contributed by atoms with Crippen molar-refractivity contribution in [3.63, 3.8) is 0 Å². The summed E-state index contributed by atoms with van der Waals surface area (Å²) in [6.07, 6.45) is 0.0855. The van der Waals surface area contributed by atoms with E-state index in [0.29, 0.717) is 0 Å². The van der Waals surface area contributed by atoms with Gasteiger partial charge in [0.05, 0.1) is 17.8 Å². The molecule has 2 atom stereocenters. The van der Waals surface area contributed by atoms with Crippen molar-refractivity contribution in [1.29, 1.82) is 0 Å². The van der Waals surface area contributed by atoms with E-state index >= 15 is 0 Å². The molecule has 23 heavy (non-hydrogen) atoms. The number of aliphatic hydroxyl groups is 1. The van der Waals surface area contributed by atoms with E-state index in [1.165, 1.54) is 11.3 Å². The fraction of sp³-hybridized carbons (Fsp3) is 0.500. The second-order valence-corrected chi connectivity index (χ2v) is 6.38. The summed E-state index contributed by atoms with van der Waals surface area (Å²) in [6, 6.07) is 1.47. The Morgan fingerprint density at radius 3 is 2.74 bits per heavy atom. The van der Waals surface area contributed by atoms with Gasteiger partial charge < -0.3 is 15.7 Å². The van der Waals surface area contributed by atoms with Gasteiger partial charge in [0.2, 0.25) is 0 Å². The highest BCUT2D eigenvalue weighted by molar-refractivity contribution is 7.07. The summed E-state index contributed by atoms with van der Waals surface area (Å²) in [5.74, 6) is 0. The number of thiophene rings is 1. The van der Waals surface area contributed by atoms with Crippen LogP contribution in [-0.4, -0.2) is 27.5 Å². The van der Waals surface area contributed by atoms with Gasteiger partial charge in [0.25, 0.3) is 0 Å². The molecule has 2 unspecified atom stereocenters. The first-order chi connectivity index (χ1) is 10.9. The Morgan fingerprint density at radius 2 is 2.22 bits per heavy atom. The molecule has 2 aromatic heterocycles. The molecular formula is C16H24N4O2S. The average molecular weight is 336 g/mol. The van der Waals surface area contributed by atoms with E-state index in [2.05, 4.69) is 15.7 Å². The van der Waals surface area contributed by atoms with Crippen molar-refractivity contribution < 1.29 is 9.90 Å². The van der Waals surface area contributed by atoms with Crippen molar-refractivity contribution >= 4 is 17.4 Å². The van der Waals surface area contributed by atoms with Crippen LogP contribution in [0.25, 0.3) is 0 Å². The third kappa shape index (κ3) is 4.11. The third-order valence-corrected chi connectivity index (χ3v) is 4.71. The van der Waals surface area contributed by atoms with E-state index in [1.807, 2.05) is 49.3 Å². The summed E-state index contributed by atoms with van der Waals surface area (Å²) in [7, 11) is 1.90. The van der Waals surface area contributed by atoms with Crippen LogP contribution in [0.1, 0.15) is 48.0 Å². The Morgan fingerprint density at radius 1 is 1.48 bits per heavy atom. The van der Waals surface area contributed by atoms with Gasteiger partial charge in [-0.3, -0.25) is 4.68 Å². The molecule has 2 rings (SSSR count). The number of nitrogens with zero attached hydrogens (tertiary/aromatic N) is 2. The van der Waals surface area contributed by atoms with Crippen LogP contribution in [0, 0.1) is 13.8 Å². The minimum atomic E-state index is -0.686. The second-order valence-electron chi connectivity index (χ2n) is 5.60. The summed E-state index contributed by atoms with van der Waals surface area (Å²) in [6.45, 7) is 6.16. The van der Waals surface area contributed by atoms with Gasteiger partial charge in [-0.15, -0.1) is 0 Å². The molecule has 0 aliphatic heterocycles. The van der Waals surface area contributed by atoms with Gasteiger partial charge in [-0.2, -0.15) is 16.4 Å². The largest absolute Gasteiger partial charge is 0.387 e. The molecule has 0 saturated carbocycles. The molecule has 6 nitrogen and oxygen atoms in total. The molecule has 126 valence electrons. The third-order valence-electron chi connectivity index (χ3n) is 4.01. The van der Waals surface area contributed by atoms with Gasteiger partial charge >= 0.3 is 6.03 Å². The molecule has 0 aromatic carbocycles. The van der Waals surface area contributed by atoms with Crippen molar-refractivity contribution in [1.82, 2.24) is 20.4 Å². The first kappa shape index (κ1) is 17.5. The number of aryl methyl sites for hydroxylation is 2. The molecule has 0 fully saturated rings. The SMILES string of the molecule is CCC(NC(=O)NCC(O)c1ccsc1)c1c(C)nn(C)c1C. The fourth-order valence-corrected chi connectivity index (χ4v) is 3.36. The maximum absolute atomic E-state index is 12.1. The maximum Gasteiger partial charge on any atom is 0.315 e. The van der Waals surface area contributed by atoms with Crippen molar-refractivity contribution in [2.75, 3.05) is 6.54 Å². The van der Waals surface area contributed by atoms with Gasteiger partial charge in [0.15, 0.2) is 0 Å². The normalized spacial score (nSPS) is 13.6. The second kappa shape index (κ2) is 7.61. The highest BCUT2D eigenvalue weighted by atomic mass is 32.1. The van der Waals surface area contributed by atoms with Crippen LogP contribution in [0.3, 0.4) is 0 Å². The van der Waals surface area contributed by atoms with Crippen molar-refractivity contribution in [3.05, 3.63) is 39.3 Å². The van der Waals surface area contributed by atoms with E-state index in [0.717, 1.165) is 28.9 Å². The van der Waals surface area contributed by atoms with E-state index < -0.39 is 6.10 Å². The Hall–Kier alpha value is -1.86. The number of urea groups is 1. The van der Waals surface area contributed by atoms with Crippen molar-refractivity contribution in [2.45, 2.75) is 39.3 Å². The minimum Gasteiger partial charge on any atom is -0.387 e. The highest BCUT2D eigenvalue weighted by Gasteiger charge is 2.20. The molecule has 0 bridgehead atoms. The number of nitrogens with one attached hydrogen (secondary N) is 2. The van der Waals surface area contributed by atoms with E-state index in [4.69, 9.17) is 0 Å². The highest BCUT2D eigenvalue weighted by Crippen LogP contribution is 2.23. The number of aromatic nitrogens is 2. The lowest BCUT2D eigenvalue weighted by Crippen LogP contribution is -2.40. The topological polar surface area (TPSA) is 79.2 Å². The first-order valence-electron chi connectivity index (χ1n) is 7.68. The maximum atomic E-state index is 12.1. The van der Waals surface area contributed by atoms with Crippen LogP contribution in [0.2, 0.25) is 0 Å². The summed E-state index contributed by atoms with van der Waals surface area (Å²) in [4.78, 5) is 12.1. The zero-order chi connectivity index (χ0) is 17.0. The molecule has 0 aliphatic carbocycles. The summed E-state index contributed by atoms with van der Waals surface area (Å²) < 4.78 is 1.83. The van der Waals surface area contributed by atoms with Gasteiger partial charge in [-0.05, 0) is 42.7 Å². The Bertz CT molecular complexity index is 651. The molecule has 0 aliphatic rings. The summed E-state index contributed by atoms with van der Waals surface area (Å²) >= 11 is 1.52. The van der Waals surface area contributed by atoms with Crippen LogP contribution in [-0.2, 0) is 7.05 Å². The van der Waals surface area contributed by atoms with E-state index in [9.17, 15) is 9.90 Å². The predicted octanol–water partition coefficient (Wildman–Crippen LogP) is 2.58. The Kier molecular flexibility index (Phi) is 5.79. The number of rotatable bonds is 6. The van der Waals surface area contributed by atoms with Gasteiger partial charge in [0.1, 0.15) is 0 Å². The summed E-state index contributed by atoms with van der Waals surface area (Å²) in [5.41, 5.74) is 3.85. The Labute approximate surface area is 140 Å². The smallest absolute Gasteiger partial charge is 0.315 e. The van der Waals surface area contributed by atoms with Crippen molar-refractivity contribution in [3.8, 4) is 0 Å². The fourth-order valence-electron chi connectivity index (χ4n) is 2.65. The lowest BCUT2D eigenvalue weighted by Gasteiger charge is -2.19. The molecule has 3 N–H and O–H groups in total. The number of carbonyl (C=O) groups is 1.